The van der Waals surface area contributed by atoms with E-state index in [-0.39, 0.29) is 16.7 Å². The van der Waals surface area contributed by atoms with E-state index in [9.17, 15) is 4.39 Å². The monoisotopic (exact) mass is 239 g/mol. The summed E-state index contributed by atoms with van der Waals surface area (Å²) in [4.78, 5) is 8.22. The number of rotatable bonds is 2. The first-order chi connectivity index (χ1) is 7.58. The Morgan fingerprint density at radius 3 is 2.88 bits per heavy atom. The maximum absolute atomic E-state index is 13.5. The molecule has 1 unspecified atom stereocenters. The van der Waals surface area contributed by atoms with E-state index in [2.05, 4.69) is 9.97 Å². The Hall–Kier alpha value is -1.26. The van der Waals surface area contributed by atoms with Crippen molar-refractivity contribution in [3.8, 4) is 0 Å². The first kappa shape index (κ1) is 11.2. The van der Waals surface area contributed by atoms with Crippen LogP contribution in [-0.4, -0.2) is 16.0 Å². The van der Waals surface area contributed by atoms with E-state index in [1.807, 2.05) is 6.92 Å². The van der Waals surface area contributed by atoms with Crippen molar-refractivity contribution in [1.82, 2.24) is 9.97 Å². The zero-order chi connectivity index (χ0) is 11.7. The molecule has 3 nitrogen and oxygen atoms in total. The number of nitrogens with two attached hydrogens (primary N) is 1. The molecule has 0 saturated carbocycles. The fourth-order valence-corrected chi connectivity index (χ4v) is 1.75. The van der Waals surface area contributed by atoms with E-state index < -0.39 is 5.82 Å². The van der Waals surface area contributed by atoms with Crippen LogP contribution in [0.4, 0.5) is 4.39 Å². The summed E-state index contributed by atoms with van der Waals surface area (Å²) < 4.78 is 13.5. The maximum atomic E-state index is 13.5. The SMILES string of the molecule is CC(N)Cc1nc(Cl)c2cccc(F)c2n1. The van der Waals surface area contributed by atoms with Crippen LogP contribution < -0.4 is 5.73 Å². The number of aromatic nitrogens is 2. The van der Waals surface area contributed by atoms with Crippen LogP contribution in [0.25, 0.3) is 10.9 Å². The fourth-order valence-electron chi connectivity index (χ4n) is 1.50. The second-order valence-corrected chi connectivity index (χ2v) is 4.11. The van der Waals surface area contributed by atoms with Crippen LogP contribution in [0.2, 0.25) is 5.15 Å². The molecular formula is C11H11ClFN3. The lowest BCUT2D eigenvalue weighted by molar-refractivity contribution is 0.633. The van der Waals surface area contributed by atoms with E-state index in [4.69, 9.17) is 17.3 Å². The van der Waals surface area contributed by atoms with Gasteiger partial charge in [-0.1, -0.05) is 17.7 Å². The van der Waals surface area contributed by atoms with Crippen molar-refractivity contribution < 1.29 is 4.39 Å². The van der Waals surface area contributed by atoms with E-state index in [0.717, 1.165) is 0 Å². The van der Waals surface area contributed by atoms with Crippen LogP contribution >= 0.6 is 11.6 Å². The zero-order valence-electron chi connectivity index (χ0n) is 8.74. The second-order valence-electron chi connectivity index (χ2n) is 3.75. The Morgan fingerprint density at radius 2 is 2.19 bits per heavy atom. The molecule has 0 fully saturated rings. The third-order valence-corrected chi connectivity index (χ3v) is 2.47. The Balaban J connectivity index is 2.61. The fraction of sp³-hybridized carbons (Fsp3) is 0.273. The molecule has 0 amide bonds. The second kappa shape index (κ2) is 4.31. The van der Waals surface area contributed by atoms with Crippen molar-refractivity contribution >= 4 is 22.5 Å². The summed E-state index contributed by atoms with van der Waals surface area (Å²) in [6.07, 6.45) is 0.476. The van der Waals surface area contributed by atoms with Gasteiger partial charge in [0.1, 0.15) is 22.3 Å². The largest absolute Gasteiger partial charge is 0.328 e. The Kier molecular flexibility index (Phi) is 3.03. The highest BCUT2D eigenvalue weighted by Crippen LogP contribution is 2.22. The van der Waals surface area contributed by atoms with Gasteiger partial charge in [-0.25, -0.2) is 14.4 Å². The predicted octanol–water partition coefficient (Wildman–Crippen LogP) is 2.31. The summed E-state index contributed by atoms with van der Waals surface area (Å²) in [5, 5.41) is 0.787. The van der Waals surface area contributed by atoms with Crippen LogP contribution in [0.1, 0.15) is 12.7 Å². The number of hydrogen-bond donors (Lipinski definition) is 1. The molecule has 5 heteroatoms. The lowest BCUT2D eigenvalue weighted by Gasteiger charge is -2.06. The number of fused-ring (bicyclic) bond motifs is 1. The lowest BCUT2D eigenvalue weighted by Crippen LogP contribution is -2.19. The smallest absolute Gasteiger partial charge is 0.149 e. The molecule has 1 aromatic carbocycles. The number of halogens is 2. The minimum Gasteiger partial charge on any atom is -0.328 e. The number of para-hydroxylation sites is 1. The average Bonchev–Trinajstić information content (AvgIpc) is 2.19. The Morgan fingerprint density at radius 1 is 1.44 bits per heavy atom. The van der Waals surface area contributed by atoms with E-state index >= 15 is 0 Å². The van der Waals surface area contributed by atoms with Gasteiger partial charge in [-0.2, -0.15) is 0 Å². The zero-order valence-corrected chi connectivity index (χ0v) is 9.50. The van der Waals surface area contributed by atoms with Gasteiger partial charge in [0.05, 0.1) is 0 Å². The normalized spacial score (nSPS) is 13.0. The van der Waals surface area contributed by atoms with Crippen molar-refractivity contribution in [2.45, 2.75) is 19.4 Å². The van der Waals surface area contributed by atoms with Crippen molar-refractivity contribution in [1.29, 1.82) is 0 Å². The summed E-state index contributed by atoms with van der Waals surface area (Å²) in [6.45, 7) is 1.84. The highest BCUT2D eigenvalue weighted by atomic mass is 35.5. The molecule has 84 valence electrons. The van der Waals surface area contributed by atoms with Gasteiger partial charge in [-0.05, 0) is 19.1 Å². The molecule has 0 aliphatic heterocycles. The summed E-state index contributed by atoms with van der Waals surface area (Å²) in [5.41, 5.74) is 5.89. The minimum absolute atomic E-state index is 0.0831. The summed E-state index contributed by atoms with van der Waals surface area (Å²) in [6, 6.07) is 4.54. The highest BCUT2D eigenvalue weighted by Gasteiger charge is 2.10. The molecule has 0 bridgehead atoms. The van der Waals surface area contributed by atoms with Gasteiger partial charge >= 0.3 is 0 Å². The summed E-state index contributed by atoms with van der Waals surface area (Å²) in [7, 11) is 0. The van der Waals surface area contributed by atoms with E-state index in [1.54, 1.807) is 12.1 Å². The molecule has 1 aromatic heterocycles. The molecule has 2 aromatic rings. The van der Waals surface area contributed by atoms with Crippen LogP contribution in [0.5, 0.6) is 0 Å². The van der Waals surface area contributed by atoms with Crippen LogP contribution in [0, 0.1) is 5.82 Å². The van der Waals surface area contributed by atoms with Crippen LogP contribution in [0.15, 0.2) is 18.2 Å². The van der Waals surface area contributed by atoms with Crippen LogP contribution in [-0.2, 0) is 6.42 Å². The number of benzene rings is 1. The standard InChI is InChI=1S/C11H11ClFN3/c1-6(14)5-9-15-10-7(11(12)16-9)3-2-4-8(10)13/h2-4,6H,5,14H2,1H3. The number of hydrogen-bond acceptors (Lipinski definition) is 3. The molecule has 0 saturated heterocycles. The lowest BCUT2D eigenvalue weighted by atomic mass is 10.2. The van der Waals surface area contributed by atoms with Crippen molar-refractivity contribution in [3.63, 3.8) is 0 Å². The third-order valence-electron chi connectivity index (χ3n) is 2.18. The Bertz CT molecular complexity index is 528. The van der Waals surface area contributed by atoms with E-state index in [1.165, 1.54) is 6.07 Å². The van der Waals surface area contributed by atoms with Gasteiger partial charge in [-0.3, -0.25) is 0 Å². The molecule has 0 spiro atoms. The van der Waals surface area contributed by atoms with Gasteiger partial charge in [0.25, 0.3) is 0 Å². The van der Waals surface area contributed by atoms with E-state index in [0.29, 0.717) is 17.6 Å². The topological polar surface area (TPSA) is 51.8 Å². The average molecular weight is 240 g/mol. The molecule has 1 heterocycles. The summed E-state index contributed by atoms with van der Waals surface area (Å²) >= 11 is 5.96. The van der Waals surface area contributed by atoms with Gasteiger partial charge in [0.2, 0.25) is 0 Å². The molecule has 1 atom stereocenters. The van der Waals surface area contributed by atoms with Crippen molar-refractivity contribution in [3.05, 3.63) is 35.0 Å². The van der Waals surface area contributed by atoms with Gasteiger partial charge in [0.15, 0.2) is 0 Å². The summed E-state index contributed by atoms with van der Waals surface area (Å²) in [5.74, 6) is 0.0744. The molecular weight excluding hydrogens is 229 g/mol. The number of nitrogens with zero attached hydrogens (tertiary/aromatic N) is 2. The third kappa shape index (κ3) is 2.13. The minimum atomic E-state index is -0.396. The molecule has 2 N–H and O–H groups in total. The molecule has 0 aliphatic rings. The van der Waals surface area contributed by atoms with Gasteiger partial charge in [-0.15, -0.1) is 0 Å². The first-order valence-corrected chi connectivity index (χ1v) is 5.32. The highest BCUT2D eigenvalue weighted by molar-refractivity contribution is 6.34. The quantitative estimate of drug-likeness (QED) is 0.819. The molecule has 2 rings (SSSR count). The Labute approximate surface area is 97.5 Å². The van der Waals surface area contributed by atoms with Crippen molar-refractivity contribution in [2.24, 2.45) is 5.73 Å². The van der Waals surface area contributed by atoms with Crippen molar-refractivity contribution in [2.75, 3.05) is 0 Å². The molecule has 0 aliphatic carbocycles. The molecule has 16 heavy (non-hydrogen) atoms. The van der Waals surface area contributed by atoms with Crippen LogP contribution in [0.3, 0.4) is 0 Å². The maximum Gasteiger partial charge on any atom is 0.149 e. The predicted molar refractivity (Wildman–Crippen MR) is 61.9 cm³/mol. The molecule has 0 radical (unpaired) electrons. The first-order valence-electron chi connectivity index (χ1n) is 4.94. The van der Waals surface area contributed by atoms with Gasteiger partial charge < -0.3 is 5.73 Å². The van der Waals surface area contributed by atoms with Gasteiger partial charge in [0, 0.05) is 17.8 Å².